The lowest BCUT2D eigenvalue weighted by Gasteiger charge is -2.60. The summed E-state index contributed by atoms with van der Waals surface area (Å²) in [5.41, 5.74) is -0.957. The van der Waals surface area contributed by atoms with Gasteiger partial charge in [0.05, 0.1) is 12.8 Å². The van der Waals surface area contributed by atoms with Gasteiger partial charge in [0.15, 0.2) is 11.9 Å². The van der Waals surface area contributed by atoms with Crippen molar-refractivity contribution in [2.24, 2.45) is 23.7 Å². The number of esters is 1. The molecule has 4 saturated heterocycles. The summed E-state index contributed by atoms with van der Waals surface area (Å²) < 4.78 is 32.4. The van der Waals surface area contributed by atoms with Crippen LogP contribution in [-0.2, 0) is 33.6 Å². The van der Waals surface area contributed by atoms with Gasteiger partial charge in [-0.05, 0) is 25.7 Å². The number of carbonyl (C=O) groups is 2. The van der Waals surface area contributed by atoms with Gasteiger partial charge in [0.2, 0.25) is 12.1 Å². The Bertz CT molecular complexity index is 654. The molecule has 158 valence electrons. The minimum Gasteiger partial charge on any atom is -0.481 e. The monoisotopic (exact) mass is 402 g/mol. The van der Waals surface area contributed by atoms with Crippen LogP contribution < -0.4 is 0 Å². The predicted molar refractivity (Wildman–Crippen MR) is 90.1 cm³/mol. The molecule has 4 aliphatic heterocycles. The molecule has 2 bridgehead atoms. The van der Waals surface area contributed by atoms with E-state index in [1.807, 2.05) is 13.8 Å². The predicted octanol–water partition coefficient (Wildman–Crippen LogP) is 2.55. The van der Waals surface area contributed by atoms with Gasteiger partial charge in [-0.25, -0.2) is 14.2 Å². The van der Waals surface area contributed by atoms with Gasteiger partial charge in [-0.15, -0.1) is 0 Å². The van der Waals surface area contributed by atoms with Gasteiger partial charge in [-0.2, -0.15) is 0 Å². The molecule has 0 aromatic rings. The number of carbonyl (C=O) groups excluding carboxylic acids is 1. The smallest absolute Gasteiger partial charge is 0.308 e. The summed E-state index contributed by atoms with van der Waals surface area (Å²) in [7, 11) is 0. The van der Waals surface area contributed by atoms with Gasteiger partial charge < -0.3 is 19.3 Å². The SMILES string of the molecule is C[C@@H]1[C@H](F)C[C@H]2[C@@H](C)[C@H](OC(=O)CCC(=O)O)O[C@@H]3O[C@@]4(C)CC[C@@H]1[C@@]32OO4. The molecule has 0 aromatic carbocycles. The molecule has 28 heavy (non-hydrogen) atoms. The maximum Gasteiger partial charge on any atom is 0.308 e. The fourth-order valence-corrected chi connectivity index (χ4v) is 5.32. The lowest BCUT2D eigenvalue weighted by molar-refractivity contribution is -0.577. The van der Waals surface area contributed by atoms with Crippen LogP contribution in [0.15, 0.2) is 0 Å². The topological polar surface area (TPSA) is 101 Å². The molecule has 1 N–H and O–H groups in total. The molecule has 1 saturated carbocycles. The number of halogens is 1. The Morgan fingerprint density at radius 1 is 1.18 bits per heavy atom. The van der Waals surface area contributed by atoms with Crippen molar-refractivity contribution in [2.75, 3.05) is 0 Å². The van der Waals surface area contributed by atoms with Gasteiger partial charge in [-0.1, -0.05) is 13.8 Å². The number of carboxylic acid groups (broad SMARTS) is 1. The summed E-state index contributed by atoms with van der Waals surface area (Å²) >= 11 is 0. The Kier molecular flexibility index (Phi) is 4.93. The molecule has 9 heteroatoms. The molecule has 5 aliphatic rings. The molecule has 1 spiro atoms. The van der Waals surface area contributed by atoms with Gasteiger partial charge in [0.25, 0.3) is 0 Å². The fraction of sp³-hybridized carbons (Fsp3) is 0.895. The summed E-state index contributed by atoms with van der Waals surface area (Å²) in [6.45, 7) is 5.45. The number of hydrogen-bond donors (Lipinski definition) is 1. The number of fused-ring (bicyclic) bond motifs is 2. The molecule has 0 aromatic heterocycles. The van der Waals surface area contributed by atoms with Crippen molar-refractivity contribution in [1.82, 2.24) is 0 Å². The van der Waals surface area contributed by atoms with E-state index in [2.05, 4.69) is 0 Å². The van der Waals surface area contributed by atoms with E-state index in [9.17, 15) is 14.0 Å². The van der Waals surface area contributed by atoms with Crippen molar-refractivity contribution < 1.29 is 43.1 Å². The summed E-state index contributed by atoms with van der Waals surface area (Å²) in [5.74, 6) is -3.86. The summed E-state index contributed by atoms with van der Waals surface area (Å²) in [4.78, 5) is 34.3. The summed E-state index contributed by atoms with van der Waals surface area (Å²) in [6, 6.07) is 0. The molecule has 1 aliphatic carbocycles. The highest BCUT2D eigenvalue weighted by molar-refractivity contribution is 5.76. The van der Waals surface area contributed by atoms with E-state index in [0.717, 1.165) is 0 Å². The van der Waals surface area contributed by atoms with Gasteiger partial charge >= 0.3 is 11.9 Å². The molecular formula is C19H27FO8. The lowest BCUT2D eigenvalue weighted by atomic mass is 9.57. The van der Waals surface area contributed by atoms with Crippen LogP contribution >= 0.6 is 0 Å². The van der Waals surface area contributed by atoms with Gasteiger partial charge in [0, 0.05) is 24.2 Å². The number of alkyl halides is 1. The minimum absolute atomic E-state index is 0.151. The first kappa shape index (κ1) is 20.0. The van der Waals surface area contributed by atoms with E-state index < -0.39 is 42.1 Å². The van der Waals surface area contributed by atoms with Crippen molar-refractivity contribution in [3.05, 3.63) is 0 Å². The number of hydrogen-bond acceptors (Lipinski definition) is 7. The zero-order valence-corrected chi connectivity index (χ0v) is 16.3. The quantitative estimate of drug-likeness (QED) is 0.566. The van der Waals surface area contributed by atoms with E-state index >= 15 is 0 Å². The third kappa shape index (κ3) is 3.03. The highest BCUT2D eigenvalue weighted by Crippen LogP contribution is 2.61. The first-order chi connectivity index (χ1) is 13.2. The van der Waals surface area contributed by atoms with Crippen LogP contribution in [0.4, 0.5) is 4.39 Å². The van der Waals surface area contributed by atoms with E-state index in [1.165, 1.54) is 0 Å². The largest absolute Gasteiger partial charge is 0.481 e. The molecule has 0 unspecified atom stereocenters. The van der Waals surface area contributed by atoms with Gasteiger partial charge in [0.1, 0.15) is 6.17 Å². The molecule has 0 radical (unpaired) electrons. The average molecular weight is 402 g/mol. The first-order valence-electron chi connectivity index (χ1n) is 9.92. The van der Waals surface area contributed by atoms with Crippen LogP contribution in [0.25, 0.3) is 0 Å². The Morgan fingerprint density at radius 2 is 1.93 bits per heavy atom. The third-order valence-corrected chi connectivity index (χ3v) is 6.95. The van der Waals surface area contributed by atoms with Crippen LogP contribution in [0.1, 0.15) is 52.9 Å². The highest BCUT2D eigenvalue weighted by atomic mass is 19.1. The van der Waals surface area contributed by atoms with E-state index in [-0.39, 0.29) is 42.9 Å². The normalized spacial score (nSPS) is 49.8. The molecule has 4 heterocycles. The third-order valence-electron chi connectivity index (χ3n) is 6.95. The van der Waals surface area contributed by atoms with E-state index in [1.54, 1.807) is 6.92 Å². The van der Waals surface area contributed by atoms with Crippen LogP contribution in [0, 0.1) is 23.7 Å². The molecule has 8 nitrogen and oxygen atoms in total. The Hall–Kier alpha value is -1.29. The molecule has 9 atom stereocenters. The van der Waals surface area contributed by atoms with Crippen molar-refractivity contribution in [1.29, 1.82) is 0 Å². The zero-order valence-electron chi connectivity index (χ0n) is 16.3. The Balaban J connectivity index is 1.61. The lowest BCUT2D eigenvalue weighted by Crippen LogP contribution is -2.71. The molecule has 0 amide bonds. The maximum absolute atomic E-state index is 14.9. The van der Waals surface area contributed by atoms with Crippen molar-refractivity contribution in [3.63, 3.8) is 0 Å². The number of aliphatic carboxylic acids is 1. The standard InChI is InChI=1S/C19H27FO8/c1-9-11-6-7-18(3)26-17-19(11,28-27-18)12(8-13(9)20)10(2)16(25-17)24-15(23)5-4-14(21)22/h9-13,16-17H,4-8H2,1-3H3,(H,21,22)/t9-,10+,11-,12-,13+,16+,17+,18+,19-/m0/s1. The van der Waals surface area contributed by atoms with Crippen molar-refractivity contribution in [3.8, 4) is 0 Å². The van der Waals surface area contributed by atoms with Gasteiger partial charge in [-0.3, -0.25) is 9.59 Å². The second kappa shape index (κ2) is 6.90. The minimum atomic E-state index is -1.08. The molecule has 5 fully saturated rings. The van der Waals surface area contributed by atoms with Crippen molar-refractivity contribution >= 4 is 11.9 Å². The molecular weight excluding hydrogens is 375 g/mol. The number of rotatable bonds is 4. The number of carboxylic acids is 1. The summed E-state index contributed by atoms with van der Waals surface area (Å²) in [5, 5.41) is 8.74. The maximum atomic E-state index is 14.9. The second-order valence-corrected chi connectivity index (χ2v) is 8.71. The Morgan fingerprint density at radius 3 is 2.64 bits per heavy atom. The van der Waals surface area contributed by atoms with Crippen LogP contribution in [0.5, 0.6) is 0 Å². The molecule has 5 rings (SSSR count). The Labute approximate surface area is 162 Å². The summed E-state index contributed by atoms with van der Waals surface area (Å²) in [6.07, 6.45) is -1.96. The van der Waals surface area contributed by atoms with Crippen molar-refractivity contribution in [2.45, 2.75) is 83.0 Å². The number of ether oxygens (including phenoxy) is 3. The van der Waals surface area contributed by atoms with Crippen LogP contribution in [0.3, 0.4) is 0 Å². The fourth-order valence-electron chi connectivity index (χ4n) is 5.32. The van der Waals surface area contributed by atoms with Crippen LogP contribution in [0.2, 0.25) is 0 Å². The van der Waals surface area contributed by atoms with E-state index in [0.29, 0.717) is 12.8 Å². The van der Waals surface area contributed by atoms with E-state index in [4.69, 9.17) is 29.1 Å². The average Bonchev–Trinajstić information content (AvgIpc) is 2.86. The highest BCUT2D eigenvalue weighted by Gasteiger charge is 2.71. The zero-order chi connectivity index (χ0) is 20.3. The first-order valence-corrected chi connectivity index (χ1v) is 9.92. The second-order valence-electron chi connectivity index (χ2n) is 8.71. The van der Waals surface area contributed by atoms with Crippen LogP contribution in [-0.4, -0.2) is 47.2 Å².